The van der Waals surface area contributed by atoms with Crippen LogP contribution in [0.2, 0.25) is 0 Å². The third kappa shape index (κ3) is 3.34. The number of hydrogen-bond donors (Lipinski definition) is 3. The van der Waals surface area contributed by atoms with E-state index in [1.807, 2.05) is 5.32 Å². The molecule has 1 fully saturated rings. The summed E-state index contributed by atoms with van der Waals surface area (Å²) in [7, 11) is 0. The summed E-state index contributed by atoms with van der Waals surface area (Å²) in [5, 5.41) is 4.09. The van der Waals surface area contributed by atoms with E-state index in [-0.39, 0.29) is 29.5 Å². The molecule has 4 N–H and O–H groups in total. The highest BCUT2D eigenvalue weighted by atomic mass is 19.4. The van der Waals surface area contributed by atoms with E-state index in [4.69, 9.17) is 5.73 Å². The van der Waals surface area contributed by atoms with Crippen LogP contribution in [0.15, 0.2) is 29.3 Å². The molecule has 1 unspecified atom stereocenters. The van der Waals surface area contributed by atoms with Crippen LogP contribution in [0, 0.1) is 23.6 Å². The molecule has 30 heavy (non-hydrogen) atoms. The summed E-state index contributed by atoms with van der Waals surface area (Å²) in [4.78, 5) is 27.7. The van der Waals surface area contributed by atoms with Crippen molar-refractivity contribution in [3.8, 4) is 11.8 Å². The fourth-order valence-corrected chi connectivity index (χ4v) is 3.15. The van der Waals surface area contributed by atoms with Crippen LogP contribution in [-0.4, -0.2) is 21.8 Å². The minimum Gasteiger partial charge on any atom is -0.379 e. The molecule has 1 saturated carbocycles. The van der Waals surface area contributed by atoms with E-state index in [0.29, 0.717) is 18.9 Å². The molecule has 0 saturated heterocycles. The van der Waals surface area contributed by atoms with Gasteiger partial charge in [-0.3, -0.25) is 4.79 Å². The predicted octanol–water partition coefficient (Wildman–Crippen LogP) is 2.32. The van der Waals surface area contributed by atoms with Crippen molar-refractivity contribution in [3.05, 3.63) is 51.8 Å². The summed E-state index contributed by atoms with van der Waals surface area (Å²) in [6.45, 7) is -0.319. The lowest BCUT2D eigenvalue weighted by molar-refractivity contribution is -0.178. The van der Waals surface area contributed by atoms with E-state index in [1.165, 1.54) is 12.4 Å². The number of anilines is 2. The molecule has 1 aliphatic carbocycles. The minimum atomic E-state index is -4.99. The van der Waals surface area contributed by atoms with Gasteiger partial charge in [0.1, 0.15) is 5.82 Å². The molecule has 156 valence electrons. The number of nitrogen functional groups attached to an aromatic ring is 1. The molecule has 1 aliphatic heterocycles. The number of urea groups is 1. The summed E-state index contributed by atoms with van der Waals surface area (Å²) < 4.78 is 58.1. The first-order valence-corrected chi connectivity index (χ1v) is 8.93. The van der Waals surface area contributed by atoms with Gasteiger partial charge >= 0.3 is 12.2 Å². The molecule has 4 rings (SSSR count). The lowest BCUT2D eigenvalue weighted by atomic mass is 9.85. The van der Waals surface area contributed by atoms with Gasteiger partial charge in [-0.25, -0.2) is 14.2 Å². The molecule has 2 amide bonds. The number of rotatable bonds is 2. The lowest BCUT2D eigenvalue weighted by Gasteiger charge is -2.37. The van der Waals surface area contributed by atoms with Crippen LogP contribution < -0.4 is 21.9 Å². The fourth-order valence-electron chi connectivity index (χ4n) is 3.15. The second-order valence-corrected chi connectivity index (χ2v) is 7.11. The molecule has 2 aliphatic rings. The summed E-state index contributed by atoms with van der Waals surface area (Å²) >= 11 is 0. The average molecular weight is 421 g/mol. The van der Waals surface area contributed by atoms with E-state index in [9.17, 15) is 27.2 Å². The lowest BCUT2D eigenvalue weighted by Crippen LogP contribution is -2.59. The monoisotopic (exact) mass is 421 g/mol. The van der Waals surface area contributed by atoms with Gasteiger partial charge in [0.15, 0.2) is 5.82 Å². The second-order valence-electron chi connectivity index (χ2n) is 7.11. The van der Waals surface area contributed by atoms with Gasteiger partial charge in [-0.1, -0.05) is 11.8 Å². The van der Waals surface area contributed by atoms with Crippen LogP contribution in [0.4, 0.5) is 33.9 Å². The first kappa shape index (κ1) is 19.8. The van der Waals surface area contributed by atoms with Crippen LogP contribution in [0.1, 0.15) is 24.0 Å². The maximum absolute atomic E-state index is 14.8. The highest BCUT2D eigenvalue weighted by molar-refractivity contribution is 5.95. The Labute approximate surface area is 167 Å². The zero-order valence-corrected chi connectivity index (χ0v) is 15.3. The zero-order chi connectivity index (χ0) is 21.7. The van der Waals surface area contributed by atoms with Crippen LogP contribution in [0.25, 0.3) is 0 Å². The number of halogens is 4. The Morgan fingerprint density at radius 2 is 2.03 bits per heavy atom. The third-order valence-corrected chi connectivity index (χ3v) is 4.89. The molecule has 0 bridgehead atoms. The number of nitrogens with two attached hydrogens (primary N) is 1. The van der Waals surface area contributed by atoms with E-state index in [0.717, 1.165) is 10.6 Å². The quantitative estimate of drug-likeness (QED) is 0.512. The summed E-state index contributed by atoms with van der Waals surface area (Å²) in [5.74, 6) is 3.20. The number of benzene rings is 1. The van der Waals surface area contributed by atoms with E-state index >= 15 is 0 Å². The van der Waals surface area contributed by atoms with Gasteiger partial charge < -0.3 is 20.9 Å². The van der Waals surface area contributed by atoms with Gasteiger partial charge in [0, 0.05) is 35.1 Å². The normalized spacial score (nSPS) is 20.5. The van der Waals surface area contributed by atoms with E-state index in [1.54, 1.807) is 0 Å². The van der Waals surface area contributed by atoms with Crippen molar-refractivity contribution >= 4 is 17.5 Å². The van der Waals surface area contributed by atoms with Gasteiger partial charge in [-0.2, -0.15) is 13.2 Å². The number of carbonyl (C=O) groups excluding carboxylic acids is 1. The number of alkyl halides is 3. The Bertz CT molecular complexity index is 1160. The Kier molecular flexibility index (Phi) is 4.45. The van der Waals surface area contributed by atoms with Crippen molar-refractivity contribution < 1.29 is 22.4 Å². The van der Waals surface area contributed by atoms with Crippen molar-refractivity contribution in [3.63, 3.8) is 0 Å². The molecule has 2 aromatic rings. The van der Waals surface area contributed by atoms with Crippen LogP contribution in [0.5, 0.6) is 0 Å². The number of carbonyl (C=O) groups is 1. The SMILES string of the molecule is Nc1nccn(Cc2cc3c(cc2F)C(C#CC2CC2)(C(F)(F)F)NC(=O)N3)c1=O. The van der Waals surface area contributed by atoms with Crippen molar-refractivity contribution in [2.75, 3.05) is 11.1 Å². The molecule has 1 aromatic carbocycles. The smallest absolute Gasteiger partial charge is 0.379 e. The number of nitrogens with one attached hydrogen (secondary N) is 2. The Morgan fingerprint density at radius 3 is 2.70 bits per heavy atom. The van der Waals surface area contributed by atoms with Crippen molar-refractivity contribution in [2.45, 2.75) is 31.1 Å². The molecular formula is C19H15F4N5O2. The standard InChI is InChI=1S/C19H15F4N5O2/c20-13-8-12-14(7-11(13)9-28-6-5-25-15(24)16(28)29)26-17(30)27-18(12,19(21,22)23)4-3-10-1-2-10/h5-8,10H,1-2,9H2,(H2,24,25)(H2,26,27,30). The first-order valence-electron chi connectivity index (χ1n) is 8.93. The Balaban J connectivity index is 1.84. The van der Waals surface area contributed by atoms with Gasteiger partial charge in [0.05, 0.1) is 6.54 Å². The topological polar surface area (TPSA) is 102 Å². The van der Waals surface area contributed by atoms with Gasteiger partial charge in [0.25, 0.3) is 5.56 Å². The van der Waals surface area contributed by atoms with Crippen molar-refractivity contribution in [2.24, 2.45) is 5.92 Å². The molecule has 0 radical (unpaired) electrons. The molecule has 0 spiro atoms. The van der Waals surface area contributed by atoms with Crippen LogP contribution >= 0.6 is 0 Å². The zero-order valence-electron chi connectivity index (χ0n) is 15.3. The predicted molar refractivity (Wildman–Crippen MR) is 98.8 cm³/mol. The highest BCUT2D eigenvalue weighted by Crippen LogP contribution is 2.45. The van der Waals surface area contributed by atoms with Crippen LogP contribution in [-0.2, 0) is 12.1 Å². The Hall–Kier alpha value is -3.55. The van der Waals surface area contributed by atoms with Gasteiger partial charge in [0.2, 0.25) is 5.54 Å². The maximum Gasteiger partial charge on any atom is 0.427 e. The first-order chi connectivity index (χ1) is 14.1. The summed E-state index contributed by atoms with van der Waals surface area (Å²) in [6, 6.07) is 0.626. The maximum atomic E-state index is 14.8. The number of hydrogen-bond acceptors (Lipinski definition) is 4. The highest BCUT2D eigenvalue weighted by Gasteiger charge is 2.59. The molecule has 2 heterocycles. The number of fused-ring (bicyclic) bond motifs is 1. The third-order valence-electron chi connectivity index (χ3n) is 4.89. The summed E-state index contributed by atoms with van der Waals surface area (Å²) in [5.41, 5.74) is 0.817. The molecule has 11 heteroatoms. The van der Waals surface area contributed by atoms with Gasteiger partial charge in [-0.05, 0) is 25.0 Å². The Morgan fingerprint density at radius 1 is 1.30 bits per heavy atom. The number of nitrogens with zero attached hydrogens (tertiary/aromatic N) is 2. The van der Waals surface area contributed by atoms with Crippen molar-refractivity contribution in [1.82, 2.24) is 14.9 Å². The minimum absolute atomic E-state index is 0.116. The molecule has 1 aromatic heterocycles. The molecule has 7 nitrogen and oxygen atoms in total. The molecule has 1 atom stereocenters. The summed E-state index contributed by atoms with van der Waals surface area (Å²) in [6.07, 6.45) is -1.14. The van der Waals surface area contributed by atoms with E-state index < -0.39 is 34.7 Å². The van der Waals surface area contributed by atoms with Gasteiger partial charge in [-0.15, -0.1) is 0 Å². The van der Waals surface area contributed by atoms with Crippen LogP contribution in [0.3, 0.4) is 0 Å². The second kappa shape index (κ2) is 6.76. The fraction of sp³-hybridized carbons (Fsp3) is 0.316. The number of amides is 2. The van der Waals surface area contributed by atoms with E-state index in [2.05, 4.69) is 22.1 Å². The number of aromatic nitrogens is 2. The molecular weight excluding hydrogens is 406 g/mol. The van der Waals surface area contributed by atoms with Crippen molar-refractivity contribution in [1.29, 1.82) is 0 Å². The largest absolute Gasteiger partial charge is 0.427 e. The average Bonchev–Trinajstić information content (AvgIpc) is 3.48.